The van der Waals surface area contributed by atoms with Gasteiger partial charge in [0.25, 0.3) is 0 Å². The number of rotatable bonds is 2. The molecule has 0 saturated carbocycles. The van der Waals surface area contributed by atoms with Crippen LogP contribution in [-0.4, -0.2) is 5.90 Å². The summed E-state index contributed by atoms with van der Waals surface area (Å²) in [5.41, 5.74) is 0. The number of hydrogen-bond donors (Lipinski definition) is 0. The molecule has 0 aromatic carbocycles. The summed E-state index contributed by atoms with van der Waals surface area (Å²) in [5.74, 6) is -0.657. The van der Waals surface area contributed by atoms with Gasteiger partial charge < -0.3 is 18.9 Å². The molecule has 8 heteroatoms. The fourth-order valence-electron chi connectivity index (χ4n) is 0.118. The third kappa shape index (κ3) is 17.9. The van der Waals surface area contributed by atoms with E-state index in [1.165, 1.54) is 0 Å². The Morgan fingerprint density at radius 1 is 1.00 bits per heavy atom. The van der Waals surface area contributed by atoms with Crippen LogP contribution in [-0.2, 0) is 9.13 Å². The van der Waals surface area contributed by atoms with Crippen LogP contribution < -0.4 is 68.9 Å². The van der Waals surface area contributed by atoms with Gasteiger partial charge in [-0.3, -0.25) is 0 Å². The summed E-state index contributed by atoms with van der Waals surface area (Å²) < 4.78 is 19.0. The van der Waals surface area contributed by atoms with E-state index in [0.717, 1.165) is 0 Å². The molecular formula is CH4Na2O4P2. The van der Waals surface area contributed by atoms with Crippen LogP contribution in [0.4, 0.5) is 0 Å². The standard InChI is InChI=1S/CH6O4P2.2Na/c2-6(3)1-7(4)5;;/h6-7H,1H2,(H,2,3)(H,4,5);;/q;2*+1/p-2. The van der Waals surface area contributed by atoms with E-state index in [-0.39, 0.29) is 59.1 Å². The zero-order valence-corrected chi connectivity index (χ0v) is 11.3. The molecular weight excluding hydrogens is 184 g/mol. The quantitative estimate of drug-likeness (QED) is 0.318. The summed E-state index contributed by atoms with van der Waals surface area (Å²) in [5, 5.41) is 0. The first-order chi connectivity index (χ1) is 3.13. The average Bonchev–Trinajstić information content (AvgIpc) is 1.27. The predicted molar refractivity (Wildman–Crippen MR) is 22.9 cm³/mol. The van der Waals surface area contributed by atoms with E-state index in [4.69, 9.17) is 0 Å². The Balaban J connectivity index is -0.000000180. The fraction of sp³-hybridized carbons (Fsp3) is 1.00. The molecule has 0 aliphatic heterocycles. The van der Waals surface area contributed by atoms with Crippen molar-refractivity contribution in [1.29, 1.82) is 0 Å². The molecule has 2 atom stereocenters. The third-order valence-corrected chi connectivity index (χ3v) is 2.60. The minimum atomic E-state index is -3.01. The monoisotopic (exact) mass is 188 g/mol. The predicted octanol–water partition coefficient (Wildman–Crippen LogP) is -7.38. The van der Waals surface area contributed by atoms with Crippen molar-refractivity contribution in [2.24, 2.45) is 0 Å². The van der Waals surface area contributed by atoms with E-state index in [1.54, 1.807) is 0 Å². The Morgan fingerprint density at radius 3 is 1.22 bits per heavy atom. The second-order valence-corrected chi connectivity index (χ2v) is 3.82. The van der Waals surface area contributed by atoms with Gasteiger partial charge >= 0.3 is 59.1 Å². The smallest absolute Gasteiger partial charge is 0.801 e. The van der Waals surface area contributed by atoms with Gasteiger partial charge in [-0.15, -0.1) is 0 Å². The van der Waals surface area contributed by atoms with Gasteiger partial charge in [0, 0.05) is 22.0 Å². The maximum Gasteiger partial charge on any atom is 1.00 e. The van der Waals surface area contributed by atoms with Gasteiger partial charge in [0.05, 0.1) is 0 Å². The number of hydrogen-bond acceptors (Lipinski definition) is 4. The van der Waals surface area contributed by atoms with E-state index in [9.17, 15) is 18.9 Å². The van der Waals surface area contributed by atoms with E-state index in [1.807, 2.05) is 0 Å². The van der Waals surface area contributed by atoms with E-state index < -0.39 is 22.0 Å². The molecule has 9 heavy (non-hydrogen) atoms. The van der Waals surface area contributed by atoms with Gasteiger partial charge in [0.1, 0.15) is 0 Å². The first kappa shape index (κ1) is 17.5. The molecule has 0 heterocycles. The van der Waals surface area contributed by atoms with Crippen LogP contribution in [0.25, 0.3) is 0 Å². The SMILES string of the molecule is O=[PH]([O-])C[PH](=O)[O-].[Na+].[Na+]. The van der Waals surface area contributed by atoms with Crippen molar-refractivity contribution in [3.05, 3.63) is 0 Å². The Morgan fingerprint density at radius 2 is 1.22 bits per heavy atom. The molecule has 0 aliphatic carbocycles. The minimum Gasteiger partial charge on any atom is -0.801 e. The molecule has 0 radical (unpaired) electrons. The third-order valence-electron chi connectivity index (χ3n) is 0.289. The summed E-state index contributed by atoms with van der Waals surface area (Å²) in [7, 11) is -6.03. The van der Waals surface area contributed by atoms with E-state index in [2.05, 4.69) is 0 Å². The van der Waals surface area contributed by atoms with Crippen LogP contribution in [0.1, 0.15) is 0 Å². The van der Waals surface area contributed by atoms with Gasteiger partial charge in [-0.2, -0.15) is 0 Å². The molecule has 44 valence electrons. The van der Waals surface area contributed by atoms with Gasteiger partial charge in [0.2, 0.25) is 0 Å². The topological polar surface area (TPSA) is 80.3 Å². The zero-order valence-electron chi connectivity index (χ0n) is 5.34. The van der Waals surface area contributed by atoms with Crippen molar-refractivity contribution in [1.82, 2.24) is 0 Å². The van der Waals surface area contributed by atoms with Gasteiger partial charge in [-0.25, -0.2) is 0 Å². The molecule has 0 aromatic rings. The van der Waals surface area contributed by atoms with E-state index in [0.29, 0.717) is 0 Å². The molecule has 0 rings (SSSR count). The largest absolute Gasteiger partial charge is 1.00 e. The molecule has 0 amide bonds. The zero-order chi connectivity index (χ0) is 5.86. The summed E-state index contributed by atoms with van der Waals surface area (Å²) >= 11 is 0. The van der Waals surface area contributed by atoms with Crippen LogP contribution >= 0.6 is 16.1 Å². The summed E-state index contributed by atoms with van der Waals surface area (Å²) in [6.45, 7) is 0. The van der Waals surface area contributed by atoms with Crippen LogP contribution in [0, 0.1) is 0 Å². The summed E-state index contributed by atoms with van der Waals surface area (Å²) in [4.78, 5) is 19.0. The Bertz CT molecular complexity index is 92.7. The molecule has 0 aliphatic rings. The molecule has 0 spiro atoms. The maximum atomic E-state index is 9.51. The van der Waals surface area contributed by atoms with Crippen molar-refractivity contribution in [3.8, 4) is 0 Å². The van der Waals surface area contributed by atoms with Crippen molar-refractivity contribution < 1.29 is 78.0 Å². The molecule has 2 unspecified atom stereocenters. The maximum absolute atomic E-state index is 9.51. The Labute approximate surface area is 98.7 Å². The minimum absolute atomic E-state index is 0. The van der Waals surface area contributed by atoms with Gasteiger partial charge in [-0.05, 0) is 0 Å². The summed E-state index contributed by atoms with van der Waals surface area (Å²) in [6.07, 6.45) is 0. The molecule has 0 N–H and O–H groups in total. The summed E-state index contributed by atoms with van der Waals surface area (Å²) in [6, 6.07) is 0. The van der Waals surface area contributed by atoms with Crippen molar-refractivity contribution in [2.75, 3.05) is 5.90 Å². The van der Waals surface area contributed by atoms with E-state index >= 15 is 0 Å². The average molecular weight is 188 g/mol. The van der Waals surface area contributed by atoms with Crippen LogP contribution in [0.2, 0.25) is 0 Å². The fourth-order valence-corrected chi connectivity index (χ4v) is 1.06. The van der Waals surface area contributed by atoms with Crippen LogP contribution in [0.15, 0.2) is 0 Å². The van der Waals surface area contributed by atoms with Crippen LogP contribution in [0.5, 0.6) is 0 Å². The van der Waals surface area contributed by atoms with Crippen molar-refractivity contribution in [2.45, 2.75) is 0 Å². The molecule has 0 saturated heterocycles. The Hall–Kier alpha value is 2.38. The second kappa shape index (κ2) is 10.4. The van der Waals surface area contributed by atoms with Gasteiger partial charge in [0.15, 0.2) is 0 Å². The molecule has 4 nitrogen and oxygen atoms in total. The molecule has 0 aromatic heterocycles. The van der Waals surface area contributed by atoms with Crippen molar-refractivity contribution >= 4 is 16.1 Å². The van der Waals surface area contributed by atoms with Crippen molar-refractivity contribution in [3.63, 3.8) is 0 Å². The Kier molecular flexibility index (Phi) is 20.1. The van der Waals surface area contributed by atoms with Gasteiger partial charge in [-0.1, -0.05) is 0 Å². The van der Waals surface area contributed by atoms with Crippen LogP contribution in [0.3, 0.4) is 0 Å². The second-order valence-electron chi connectivity index (χ2n) is 0.921. The molecule has 0 bridgehead atoms. The molecule has 0 fully saturated rings. The first-order valence-electron chi connectivity index (χ1n) is 1.52. The normalized spacial score (nSPS) is 14.4. The first-order valence-corrected chi connectivity index (χ1v) is 4.57.